The third kappa shape index (κ3) is 4.43. The number of ether oxygens (including phenoxy) is 1. The predicted molar refractivity (Wildman–Crippen MR) is 125 cm³/mol. The van der Waals surface area contributed by atoms with E-state index in [1.807, 2.05) is 18.2 Å². The van der Waals surface area contributed by atoms with Gasteiger partial charge < -0.3 is 9.84 Å². The minimum absolute atomic E-state index is 0.0803. The Morgan fingerprint density at radius 2 is 2.03 bits per heavy atom. The molecule has 3 aliphatic rings. The van der Waals surface area contributed by atoms with Crippen LogP contribution in [0.2, 0.25) is 0 Å². The van der Waals surface area contributed by atoms with Crippen LogP contribution in [0.15, 0.2) is 30.9 Å². The van der Waals surface area contributed by atoms with Crippen molar-refractivity contribution in [1.29, 1.82) is 0 Å². The van der Waals surface area contributed by atoms with Crippen LogP contribution >= 0.6 is 0 Å². The van der Waals surface area contributed by atoms with E-state index in [4.69, 9.17) is 4.74 Å². The van der Waals surface area contributed by atoms with Gasteiger partial charge in [-0.2, -0.15) is 0 Å². The number of phenolic OH excluding ortho intramolecular Hbond substituents is 1. The zero-order chi connectivity index (χ0) is 22.0. The fourth-order valence-corrected chi connectivity index (χ4v) is 7.45. The van der Waals surface area contributed by atoms with E-state index in [1.54, 1.807) is 6.92 Å². The van der Waals surface area contributed by atoms with Crippen molar-refractivity contribution < 1.29 is 14.6 Å². The van der Waals surface area contributed by atoms with E-state index in [0.717, 1.165) is 25.7 Å². The van der Waals surface area contributed by atoms with Gasteiger partial charge in [0.2, 0.25) is 0 Å². The van der Waals surface area contributed by atoms with Gasteiger partial charge in [-0.25, -0.2) is 0 Å². The number of esters is 1. The maximum absolute atomic E-state index is 11.8. The fourth-order valence-electron chi connectivity index (χ4n) is 7.45. The van der Waals surface area contributed by atoms with Crippen molar-refractivity contribution in [3.8, 4) is 5.75 Å². The van der Waals surface area contributed by atoms with Crippen LogP contribution in [0.1, 0.15) is 95.1 Å². The van der Waals surface area contributed by atoms with Crippen molar-refractivity contribution in [2.24, 2.45) is 23.2 Å². The molecule has 1 aromatic rings. The number of aromatic hydroxyl groups is 1. The smallest absolute Gasteiger partial charge is 0.302 e. The number of hydrogen-bond donors (Lipinski definition) is 1. The molecule has 2 saturated carbocycles. The molecule has 170 valence electrons. The average molecular weight is 425 g/mol. The van der Waals surface area contributed by atoms with Gasteiger partial charge in [-0.3, -0.25) is 4.79 Å². The summed E-state index contributed by atoms with van der Waals surface area (Å²) in [4.78, 5) is 11.8. The highest BCUT2D eigenvalue weighted by atomic mass is 16.5. The summed E-state index contributed by atoms with van der Waals surface area (Å²) in [7, 11) is 0. The molecule has 4 rings (SSSR count). The fraction of sp³-hybridized carbons (Fsp3) is 0.679. The highest BCUT2D eigenvalue weighted by Crippen LogP contribution is 2.63. The highest BCUT2D eigenvalue weighted by molar-refractivity contribution is 5.66. The maximum Gasteiger partial charge on any atom is 0.302 e. The van der Waals surface area contributed by atoms with E-state index in [1.165, 1.54) is 56.1 Å². The molecule has 0 bridgehead atoms. The lowest BCUT2D eigenvalue weighted by atomic mass is 9.52. The number of carbonyl (C=O) groups excluding carboxylic acids is 1. The molecule has 0 saturated heterocycles. The van der Waals surface area contributed by atoms with Crippen LogP contribution in [0.5, 0.6) is 5.75 Å². The van der Waals surface area contributed by atoms with Gasteiger partial charge in [0.15, 0.2) is 0 Å². The molecule has 1 N–H and O–H groups in total. The van der Waals surface area contributed by atoms with Gasteiger partial charge in [0.05, 0.1) is 0 Å². The Morgan fingerprint density at radius 3 is 2.81 bits per heavy atom. The Hall–Kier alpha value is -1.77. The molecule has 3 aliphatic carbocycles. The zero-order valence-corrected chi connectivity index (χ0v) is 19.4. The molecule has 0 spiro atoms. The summed E-state index contributed by atoms with van der Waals surface area (Å²) >= 11 is 0. The van der Waals surface area contributed by atoms with E-state index in [9.17, 15) is 9.90 Å². The first-order valence-corrected chi connectivity index (χ1v) is 12.5. The van der Waals surface area contributed by atoms with Crippen molar-refractivity contribution in [3.05, 3.63) is 42.0 Å². The first-order valence-electron chi connectivity index (χ1n) is 12.5. The quantitative estimate of drug-likeness (QED) is 0.279. The van der Waals surface area contributed by atoms with Crippen molar-refractivity contribution in [1.82, 2.24) is 0 Å². The summed E-state index contributed by atoms with van der Waals surface area (Å²) < 4.78 is 5.84. The van der Waals surface area contributed by atoms with E-state index >= 15 is 0 Å². The zero-order valence-electron chi connectivity index (χ0n) is 19.4. The second-order valence-electron chi connectivity index (χ2n) is 10.6. The number of rotatable bonds is 8. The molecule has 2 fully saturated rings. The largest absolute Gasteiger partial charge is 0.508 e. The maximum atomic E-state index is 11.8. The van der Waals surface area contributed by atoms with Crippen LogP contribution in [0.4, 0.5) is 0 Å². The molecule has 1 aromatic carbocycles. The van der Waals surface area contributed by atoms with E-state index in [-0.39, 0.29) is 17.5 Å². The van der Waals surface area contributed by atoms with Gasteiger partial charge >= 0.3 is 5.97 Å². The Bertz CT molecular complexity index is 799. The van der Waals surface area contributed by atoms with Crippen LogP contribution in [-0.2, 0) is 16.0 Å². The van der Waals surface area contributed by atoms with Crippen LogP contribution in [0.3, 0.4) is 0 Å². The summed E-state index contributed by atoms with van der Waals surface area (Å²) in [6.07, 6.45) is 15.2. The summed E-state index contributed by atoms with van der Waals surface area (Å²) in [5, 5.41) is 10.1. The molecule has 6 atom stereocenters. The van der Waals surface area contributed by atoms with Gasteiger partial charge in [-0.15, -0.1) is 6.58 Å². The van der Waals surface area contributed by atoms with Gasteiger partial charge in [0.25, 0.3) is 0 Å². The summed E-state index contributed by atoms with van der Waals surface area (Å²) in [6, 6.07) is 6.09. The Labute approximate surface area is 188 Å². The van der Waals surface area contributed by atoms with Crippen LogP contribution in [0.25, 0.3) is 0 Å². The first-order chi connectivity index (χ1) is 14.9. The van der Waals surface area contributed by atoms with Gasteiger partial charge in [-0.05, 0) is 98.3 Å². The van der Waals surface area contributed by atoms with E-state index in [0.29, 0.717) is 29.4 Å². The summed E-state index contributed by atoms with van der Waals surface area (Å²) in [5.74, 6) is 2.82. The standard InChI is InChI=1S/C28H40O3/c1-4-5-6-7-8-9-10-20-17-21-18-22(30)11-12-23(21)24-15-16-28(3)25(27(20)24)13-14-26(28)31-19(2)29/h4,11-12,18,20,24-27,30H,1,5-10,13-17H2,2-3H3/t20-,24-,25+,26+,27-,28+/m1/s1. The molecule has 0 radical (unpaired) electrons. The minimum Gasteiger partial charge on any atom is -0.508 e. The molecule has 31 heavy (non-hydrogen) atoms. The third-order valence-corrected chi connectivity index (χ3v) is 8.84. The molecular formula is C28H40O3. The Morgan fingerprint density at radius 1 is 1.23 bits per heavy atom. The SMILES string of the molecule is C=CCCCCCC[C@@H]1Cc2cc(O)ccc2[C@H]2CC[C@]3(C)[C@@H](OC(C)=O)CC[C@H]3[C@H]12. The lowest BCUT2D eigenvalue weighted by Crippen LogP contribution is -2.48. The highest BCUT2D eigenvalue weighted by Gasteiger charge is 2.57. The monoisotopic (exact) mass is 424 g/mol. The third-order valence-electron chi connectivity index (χ3n) is 8.84. The average Bonchev–Trinajstić information content (AvgIpc) is 3.05. The number of allylic oxidation sites excluding steroid dienone is 1. The predicted octanol–water partition coefficient (Wildman–Crippen LogP) is 6.93. The Balaban J connectivity index is 1.55. The number of unbranched alkanes of at least 4 members (excludes halogenated alkanes) is 4. The summed E-state index contributed by atoms with van der Waals surface area (Å²) in [6.45, 7) is 7.79. The molecule has 0 heterocycles. The first kappa shape index (κ1) is 22.4. The van der Waals surface area contributed by atoms with Crippen molar-refractivity contribution in [3.63, 3.8) is 0 Å². The lowest BCUT2D eigenvalue weighted by Gasteiger charge is -2.53. The van der Waals surface area contributed by atoms with E-state index in [2.05, 4.69) is 19.6 Å². The molecule has 0 unspecified atom stereocenters. The molecule has 0 amide bonds. The normalized spacial score (nSPS) is 33.8. The number of fused-ring (bicyclic) bond motifs is 5. The molecule has 0 aliphatic heterocycles. The molecular weight excluding hydrogens is 384 g/mol. The summed E-state index contributed by atoms with van der Waals surface area (Å²) in [5.41, 5.74) is 2.96. The number of carbonyl (C=O) groups is 1. The van der Waals surface area contributed by atoms with Gasteiger partial charge in [0, 0.05) is 12.3 Å². The number of benzene rings is 1. The van der Waals surface area contributed by atoms with Crippen LogP contribution in [-0.4, -0.2) is 17.2 Å². The van der Waals surface area contributed by atoms with Gasteiger partial charge in [-0.1, -0.05) is 38.3 Å². The van der Waals surface area contributed by atoms with Gasteiger partial charge in [0.1, 0.15) is 11.9 Å². The molecule has 3 nitrogen and oxygen atoms in total. The van der Waals surface area contributed by atoms with Crippen molar-refractivity contribution in [2.75, 3.05) is 0 Å². The lowest BCUT2D eigenvalue weighted by molar-refractivity contribution is -0.155. The van der Waals surface area contributed by atoms with Crippen molar-refractivity contribution in [2.45, 2.75) is 96.5 Å². The molecule has 3 heteroatoms. The molecule has 0 aromatic heterocycles. The second kappa shape index (κ2) is 9.38. The van der Waals surface area contributed by atoms with Crippen molar-refractivity contribution >= 4 is 5.97 Å². The number of phenols is 1. The van der Waals surface area contributed by atoms with Crippen LogP contribution < -0.4 is 0 Å². The Kier molecular flexibility index (Phi) is 6.79. The van der Waals surface area contributed by atoms with Crippen LogP contribution in [0, 0.1) is 23.2 Å². The minimum atomic E-state index is -0.130. The number of hydrogen-bond acceptors (Lipinski definition) is 3. The topological polar surface area (TPSA) is 46.5 Å². The van der Waals surface area contributed by atoms with E-state index < -0.39 is 0 Å². The second-order valence-corrected chi connectivity index (χ2v) is 10.6.